The maximum Gasteiger partial charge on any atom is 0.153 e. The number of para-hydroxylation sites is 1. The zero-order valence-corrected chi connectivity index (χ0v) is 13.8. The van der Waals surface area contributed by atoms with Gasteiger partial charge in [0.1, 0.15) is 0 Å². The number of rotatable bonds is 6. The molecule has 1 N–H and O–H groups in total. The van der Waals surface area contributed by atoms with E-state index in [2.05, 4.69) is 42.3 Å². The van der Waals surface area contributed by atoms with Crippen LogP contribution in [0.2, 0.25) is 0 Å². The molecule has 1 atom stereocenters. The van der Waals surface area contributed by atoms with Gasteiger partial charge in [0.05, 0.1) is 11.5 Å². The second kappa shape index (κ2) is 7.27. The lowest BCUT2D eigenvalue weighted by Crippen LogP contribution is -2.41. The lowest BCUT2D eigenvalue weighted by molar-refractivity contribution is 0.517. The molecule has 1 aliphatic heterocycles. The van der Waals surface area contributed by atoms with Crippen molar-refractivity contribution >= 4 is 15.5 Å². The normalized spacial score (nSPS) is 19.4. The van der Waals surface area contributed by atoms with Crippen LogP contribution in [0.1, 0.15) is 38.3 Å². The smallest absolute Gasteiger partial charge is 0.153 e. The Kier molecular flexibility index (Phi) is 5.65. The van der Waals surface area contributed by atoms with Crippen molar-refractivity contribution in [2.75, 3.05) is 36.0 Å². The zero-order valence-electron chi connectivity index (χ0n) is 13.0. The fourth-order valence-electron chi connectivity index (χ4n) is 2.82. The van der Waals surface area contributed by atoms with E-state index >= 15 is 0 Å². The fourth-order valence-corrected chi connectivity index (χ4v) is 4.02. The van der Waals surface area contributed by atoms with Gasteiger partial charge in [-0.3, -0.25) is 0 Å². The third-order valence-corrected chi connectivity index (χ3v) is 5.66. The molecule has 1 fully saturated rings. The first-order chi connectivity index (χ1) is 10.1. The molecule has 1 aromatic rings. The van der Waals surface area contributed by atoms with Crippen LogP contribution in [0.15, 0.2) is 24.3 Å². The molecule has 4 nitrogen and oxygen atoms in total. The molecule has 1 aromatic carbocycles. The van der Waals surface area contributed by atoms with Crippen molar-refractivity contribution in [3.63, 3.8) is 0 Å². The molecule has 1 unspecified atom stereocenters. The van der Waals surface area contributed by atoms with Crippen LogP contribution in [0.4, 0.5) is 5.69 Å². The van der Waals surface area contributed by atoms with Gasteiger partial charge in [-0.1, -0.05) is 32.0 Å². The third-order valence-electron chi connectivity index (χ3n) is 4.05. The highest BCUT2D eigenvalue weighted by atomic mass is 32.2. The third kappa shape index (κ3) is 4.20. The summed E-state index contributed by atoms with van der Waals surface area (Å²) >= 11 is 0. The summed E-state index contributed by atoms with van der Waals surface area (Å²) in [6, 6.07) is 8.71. The molecule has 5 heteroatoms. The molecule has 21 heavy (non-hydrogen) atoms. The van der Waals surface area contributed by atoms with Crippen LogP contribution in [0.3, 0.4) is 0 Å². The number of benzene rings is 1. The Morgan fingerprint density at radius 1 is 1.19 bits per heavy atom. The van der Waals surface area contributed by atoms with Crippen LogP contribution in [0, 0.1) is 0 Å². The molecular weight excluding hydrogens is 284 g/mol. The minimum Gasteiger partial charge on any atom is -0.369 e. The van der Waals surface area contributed by atoms with E-state index in [4.69, 9.17) is 0 Å². The molecule has 1 aliphatic rings. The number of hydrogen-bond acceptors (Lipinski definition) is 4. The van der Waals surface area contributed by atoms with Gasteiger partial charge >= 0.3 is 0 Å². The highest BCUT2D eigenvalue weighted by Crippen LogP contribution is 2.29. The van der Waals surface area contributed by atoms with Gasteiger partial charge in [0.25, 0.3) is 0 Å². The average Bonchev–Trinajstić information content (AvgIpc) is 2.49. The minimum absolute atomic E-state index is 0.264. The number of nitrogens with one attached hydrogen (secondary N) is 1. The van der Waals surface area contributed by atoms with Gasteiger partial charge in [-0.25, -0.2) is 8.42 Å². The monoisotopic (exact) mass is 310 g/mol. The van der Waals surface area contributed by atoms with Crippen LogP contribution >= 0.6 is 0 Å². The molecule has 0 spiro atoms. The predicted molar refractivity (Wildman–Crippen MR) is 88.6 cm³/mol. The Morgan fingerprint density at radius 2 is 1.86 bits per heavy atom. The summed E-state index contributed by atoms with van der Waals surface area (Å²) in [5, 5.41) is 3.59. The van der Waals surface area contributed by atoms with E-state index in [1.165, 1.54) is 11.3 Å². The summed E-state index contributed by atoms with van der Waals surface area (Å²) < 4.78 is 23.2. The number of hydrogen-bond donors (Lipinski definition) is 1. The summed E-state index contributed by atoms with van der Waals surface area (Å²) in [5.41, 5.74) is 2.47. The van der Waals surface area contributed by atoms with E-state index < -0.39 is 9.84 Å². The molecule has 0 amide bonds. The van der Waals surface area contributed by atoms with Crippen molar-refractivity contribution in [1.82, 2.24) is 5.32 Å². The van der Waals surface area contributed by atoms with Gasteiger partial charge in [-0.2, -0.15) is 0 Å². The Balaban J connectivity index is 2.20. The van der Waals surface area contributed by atoms with E-state index in [9.17, 15) is 8.42 Å². The van der Waals surface area contributed by atoms with Gasteiger partial charge in [-0.05, 0) is 31.0 Å². The van der Waals surface area contributed by atoms with Gasteiger partial charge in [0.15, 0.2) is 9.84 Å². The topological polar surface area (TPSA) is 49.4 Å². The molecule has 118 valence electrons. The summed E-state index contributed by atoms with van der Waals surface area (Å²) in [6.45, 7) is 6.56. The maximum absolute atomic E-state index is 11.6. The Bertz CT molecular complexity index is 543. The highest BCUT2D eigenvalue weighted by molar-refractivity contribution is 7.91. The zero-order chi connectivity index (χ0) is 15.3. The molecule has 0 aromatic heterocycles. The Hall–Kier alpha value is -1.07. The predicted octanol–water partition coefficient (Wildman–Crippen LogP) is 2.37. The quantitative estimate of drug-likeness (QED) is 0.876. The number of nitrogens with zero attached hydrogens (tertiary/aromatic N) is 1. The molecule has 1 heterocycles. The summed E-state index contributed by atoms with van der Waals surface area (Å²) in [7, 11) is -2.83. The average molecular weight is 310 g/mol. The largest absolute Gasteiger partial charge is 0.369 e. The standard InChI is InChI=1S/C16H26N2O2S/c1-3-9-17-15(4-2)14-7-5-6-8-16(14)18-10-12-21(19,20)13-11-18/h5-8,15,17H,3-4,9-13H2,1-2H3. The Morgan fingerprint density at radius 3 is 2.48 bits per heavy atom. The SMILES string of the molecule is CCCNC(CC)c1ccccc1N1CCS(=O)(=O)CC1. The molecule has 1 saturated heterocycles. The number of anilines is 1. The molecule has 2 rings (SSSR count). The first kappa shape index (κ1) is 16.3. The van der Waals surface area contributed by atoms with Gasteiger partial charge in [-0.15, -0.1) is 0 Å². The van der Waals surface area contributed by atoms with Crippen molar-refractivity contribution in [3.8, 4) is 0 Å². The first-order valence-corrected chi connectivity index (χ1v) is 9.67. The minimum atomic E-state index is -2.83. The van der Waals surface area contributed by atoms with Crippen molar-refractivity contribution in [2.24, 2.45) is 0 Å². The lowest BCUT2D eigenvalue weighted by atomic mass is 10.0. The van der Waals surface area contributed by atoms with Crippen molar-refractivity contribution < 1.29 is 8.42 Å². The van der Waals surface area contributed by atoms with E-state index in [-0.39, 0.29) is 11.5 Å². The van der Waals surface area contributed by atoms with Crippen LogP contribution in [-0.2, 0) is 9.84 Å². The second-order valence-corrected chi connectivity index (χ2v) is 7.92. The van der Waals surface area contributed by atoms with Crippen LogP contribution in [0.25, 0.3) is 0 Å². The summed E-state index contributed by atoms with van der Waals surface area (Å²) in [6.07, 6.45) is 2.14. The Labute approximate surface area is 128 Å². The second-order valence-electron chi connectivity index (χ2n) is 5.61. The van der Waals surface area contributed by atoms with Gasteiger partial charge in [0, 0.05) is 24.8 Å². The van der Waals surface area contributed by atoms with Crippen LogP contribution in [-0.4, -0.2) is 39.6 Å². The van der Waals surface area contributed by atoms with E-state index in [0.717, 1.165) is 19.4 Å². The summed E-state index contributed by atoms with van der Waals surface area (Å²) in [5.74, 6) is 0.529. The molecule has 0 aliphatic carbocycles. The maximum atomic E-state index is 11.6. The van der Waals surface area contributed by atoms with E-state index in [0.29, 0.717) is 19.1 Å². The highest BCUT2D eigenvalue weighted by Gasteiger charge is 2.24. The van der Waals surface area contributed by atoms with Gasteiger partial charge < -0.3 is 10.2 Å². The van der Waals surface area contributed by atoms with Crippen LogP contribution < -0.4 is 10.2 Å². The first-order valence-electron chi connectivity index (χ1n) is 7.85. The summed E-state index contributed by atoms with van der Waals surface area (Å²) in [4.78, 5) is 2.21. The molecule has 0 bridgehead atoms. The van der Waals surface area contributed by atoms with Crippen molar-refractivity contribution in [2.45, 2.75) is 32.7 Å². The lowest BCUT2D eigenvalue weighted by Gasteiger charge is -2.32. The number of sulfone groups is 1. The molecule has 0 radical (unpaired) electrons. The van der Waals surface area contributed by atoms with E-state index in [1.807, 2.05) is 6.07 Å². The van der Waals surface area contributed by atoms with Crippen LogP contribution in [0.5, 0.6) is 0 Å². The van der Waals surface area contributed by atoms with Gasteiger partial charge in [0.2, 0.25) is 0 Å². The molecule has 0 saturated carbocycles. The molecular formula is C16H26N2O2S. The van der Waals surface area contributed by atoms with Crippen molar-refractivity contribution in [3.05, 3.63) is 29.8 Å². The van der Waals surface area contributed by atoms with E-state index in [1.54, 1.807) is 0 Å². The van der Waals surface area contributed by atoms with Crippen molar-refractivity contribution in [1.29, 1.82) is 0 Å². The fraction of sp³-hybridized carbons (Fsp3) is 0.625.